The van der Waals surface area contributed by atoms with Gasteiger partial charge in [-0.05, 0) is 48.7 Å². The summed E-state index contributed by atoms with van der Waals surface area (Å²) in [6, 6.07) is 13.5. The summed E-state index contributed by atoms with van der Waals surface area (Å²) in [5.41, 5.74) is 0.332. The molecule has 1 amide bonds. The molecule has 1 heterocycles. The van der Waals surface area contributed by atoms with Gasteiger partial charge >= 0.3 is 0 Å². The van der Waals surface area contributed by atoms with E-state index in [0.717, 1.165) is 5.39 Å². The molecular weight excluding hydrogens is 332 g/mol. The molecule has 3 rings (SSSR count). The van der Waals surface area contributed by atoms with Crippen LogP contribution in [0.4, 0.5) is 5.69 Å². The van der Waals surface area contributed by atoms with E-state index in [4.69, 9.17) is 9.47 Å². The van der Waals surface area contributed by atoms with Crippen LogP contribution in [-0.2, 0) is 4.79 Å². The van der Waals surface area contributed by atoms with Crippen molar-refractivity contribution < 1.29 is 14.3 Å². The first-order chi connectivity index (χ1) is 12.5. The Hall–Kier alpha value is -3.28. The van der Waals surface area contributed by atoms with Crippen molar-refractivity contribution in [2.45, 2.75) is 13.0 Å². The summed E-state index contributed by atoms with van der Waals surface area (Å²) in [6.07, 6.45) is 1.62. The van der Waals surface area contributed by atoms with Gasteiger partial charge in [0, 0.05) is 11.6 Å². The van der Waals surface area contributed by atoms with Crippen LogP contribution >= 0.6 is 0 Å². The average molecular weight is 352 g/mol. The van der Waals surface area contributed by atoms with Crippen LogP contribution in [0.1, 0.15) is 13.0 Å². The molecule has 0 saturated heterocycles. The van der Waals surface area contributed by atoms with E-state index in [1.54, 1.807) is 62.7 Å². The average Bonchev–Trinajstić information content (AvgIpc) is 2.67. The van der Waals surface area contributed by atoms with Crippen LogP contribution in [0, 0.1) is 0 Å². The Balaban J connectivity index is 1.91. The fourth-order valence-electron chi connectivity index (χ4n) is 2.78. The van der Waals surface area contributed by atoms with Crippen LogP contribution in [-0.4, -0.2) is 24.7 Å². The van der Waals surface area contributed by atoms with Gasteiger partial charge in [-0.3, -0.25) is 9.59 Å². The number of carbonyl (C=O) groups excluding carboxylic acids is 1. The minimum Gasteiger partial charge on any atom is -0.497 e. The lowest BCUT2D eigenvalue weighted by Crippen LogP contribution is -2.31. The third-order valence-electron chi connectivity index (χ3n) is 4.30. The molecule has 0 fully saturated rings. The zero-order valence-electron chi connectivity index (χ0n) is 14.9. The number of hydrogen-bond donors (Lipinski definition) is 1. The molecule has 3 aromatic rings. The summed E-state index contributed by atoms with van der Waals surface area (Å²) in [4.78, 5) is 25.4. The number of nitrogens with one attached hydrogen (secondary N) is 1. The first-order valence-electron chi connectivity index (χ1n) is 8.18. The number of anilines is 1. The van der Waals surface area contributed by atoms with E-state index in [2.05, 4.69) is 5.32 Å². The topological polar surface area (TPSA) is 69.6 Å². The van der Waals surface area contributed by atoms with Crippen molar-refractivity contribution in [1.29, 1.82) is 0 Å². The largest absolute Gasteiger partial charge is 0.497 e. The van der Waals surface area contributed by atoms with Crippen molar-refractivity contribution in [2.24, 2.45) is 0 Å². The van der Waals surface area contributed by atoms with E-state index in [1.165, 1.54) is 11.7 Å². The number of pyridine rings is 1. The maximum absolute atomic E-state index is 12.8. The quantitative estimate of drug-likeness (QED) is 0.765. The number of ether oxygens (including phenoxy) is 2. The number of carbonyl (C=O) groups is 1. The smallest absolute Gasteiger partial charge is 0.259 e. The number of aromatic nitrogens is 1. The predicted octanol–water partition coefficient (Wildman–Crippen LogP) is 3.22. The second kappa shape index (κ2) is 7.31. The van der Waals surface area contributed by atoms with Gasteiger partial charge in [0.15, 0.2) is 0 Å². The highest BCUT2D eigenvalue weighted by Crippen LogP contribution is 2.24. The molecule has 134 valence electrons. The van der Waals surface area contributed by atoms with Gasteiger partial charge in [0.1, 0.15) is 17.5 Å². The number of nitrogens with zero attached hydrogens (tertiary/aromatic N) is 1. The highest BCUT2D eigenvalue weighted by Gasteiger charge is 2.18. The molecular formula is C20H20N2O4. The minimum absolute atomic E-state index is 0.229. The van der Waals surface area contributed by atoms with Gasteiger partial charge in [0.2, 0.25) is 5.91 Å². The second-order valence-electron chi connectivity index (χ2n) is 5.85. The molecule has 0 radical (unpaired) electrons. The van der Waals surface area contributed by atoms with E-state index < -0.39 is 6.04 Å². The van der Waals surface area contributed by atoms with Crippen LogP contribution in [0.15, 0.2) is 59.5 Å². The number of para-hydroxylation sites is 2. The number of methoxy groups -OCH3 is 2. The lowest BCUT2D eigenvalue weighted by Gasteiger charge is -2.17. The highest BCUT2D eigenvalue weighted by atomic mass is 16.5. The van der Waals surface area contributed by atoms with Crippen LogP contribution in [0.3, 0.4) is 0 Å². The van der Waals surface area contributed by atoms with Gasteiger partial charge in [-0.25, -0.2) is 0 Å². The summed E-state index contributed by atoms with van der Waals surface area (Å²) >= 11 is 0. The molecule has 0 aliphatic rings. The molecule has 0 saturated carbocycles. The van der Waals surface area contributed by atoms with Gasteiger partial charge in [-0.15, -0.1) is 0 Å². The van der Waals surface area contributed by atoms with Crippen molar-refractivity contribution in [1.82, 2.24) is 4.57 Å². The van der Waals surface area contributed by atoms with Crippen LogP contribution in [0.5, 0.6) is 11.5 Å². The summed E-state index contributed by atoms with van der Waals surface area (Å²) < 4.78 is 11.8. The molecule has 6 heteroatoms. The zero-order chi connectivity index (χ0) is 18.7. The Kier molecular flexibility index (Phi) is 4.93. The molecule has 1 aromatic heterocycles. The third kappa shape index (κ3) is 3.26. The molecule has 0 spiro atoms. The summed E-state index contributed by atoms with van der Waals surface area (Å²) in [5, 5.41) is 4.11. The lowest BCUT2D eigenvalue weighted by atomic mass is 10.1. The Bertz CT molecular complexity index is 1010. The van der Waals surface area contributed by atoms with E-state index in [-0.39, 0.29) is 11.5 Å². The summed E-state index contributed by atoms with van der Waals surface area (Å²) in [7, 11) is 3.11. The predicted molar refractivity (Wildman–Crippen MR) is 101 cm³/mol. The monoisotopic (exact) mass is 352 g/mol. The Morgan fingerprint density at radius 1 is 1.08 bits per heavy atom. The number of fused-ring (bicyclic) bond motifs is 1. The van der Waals surface area contributed by atoms with E-state index in [9.17, 15) is 9.59 Å². The molecule has 1 atom stereocenters. The van der Waals surface area contributed by atoms with Gasteiger partial charge in [0.05, 0.1) is 19.9 Å². The maximum atomic E-state index is 12.8. The van der Waals surface area contributed by atoms with Gasteiger partial charge in [-0.1, -0.05) is 12.1 Å². The van der Waals surface area contributed by atoms with Crippen molar-refractivity contribution >= 4 is 22.4 Å². The standard InChI is InChI=1S/C20H20N2O4/c1-13(19(23)21-17-6-4-5-7-18(17)26-3)22-11-10-14-12-15(25-2)8-9-16(14)20(22)24/h4-13H,1-3H3,(H,21,23). The second-order valence-corrected chi connectivity index (χ2v) is 5.85. The molecule has 2 aromatic carbocycles. The minimum atomic E-state index is -0.682. The molecule has 1 unspecified atom stereocenters. The number of amides is 1. The van der Waals surface area contributed by atoms with Crippen molar-refractivity contribution in [3.63, 3.8) is 0 Å². The van der Waals surface area contributed by atoms with Gasteiger partial charge < -0.3 is 19.4 Å². The lowest BCUT2D eigenvalue weighted by molar-refractivity contribution is -0.118. The number of benzene rings is 2. The Morgan fingerprint density at radius 3 is 2.58 bits per heavy atom. The molecule has 0 bridgehead atoms. The van der Waals surface area contributed by atoms with Crippen LogP contribution in [0.25, 0.3) is 10.8 Å². The third-order valence-corrected chi connectivity index (χ3v) is 4.30. The first-order valence-corrected chi connectivity index (χ1v) is 8.18. The van der Waals surface area contributed by atoms with Crippen molar-refractivity contribution in [3.05, 3.63) is 65.1 Å². The highest BCUT2D eigenvalue weighted by molar-refractivity contribution is 5.95. The fraction of sp³-hybridized carbons (Fsp3) is 0.200. The van der Waals surface area contributed by atoms with Crippen LogP contribution in [0.2, 0.25) is 0 Å². The number of rotatable bonds is 5. The summed E-state index contributed by atoms with van der Waals surface area (Å²) in [6.45, 7) is 1.68. The number of hydrogen-bond acceptors (Lipinski definition) is 4. The zero-order valence-corrected chi connectivity index (χ0v) is 14.9. The first kappa shape index (κ1) is 17.5. The Morgan fingerprint density at radius 2 is 1.85 bits per heavy atom. The van der Waals surface area contributed by atoms with E-state index >= 15 is 0 Å². The van der Waals surface area contributed by atoms with E-state index in [0.29, 0.717) is 22.6 Å². The SMILES string of the molecule is COc1ccc2c(=O)n(C(C)C(=O)Nc3ccccc3OC)ccc2c1. The maximum Gasteiger partial charge on any atom is 0.259 e. The molecule has 0 aliphatic heterocycles. The Labute approximate surface area is 151 Å². The van der Waals surface area contributed by atoms with Crippen LogP contribution < -0.4 is 20.3 Å². The molecule has 1 N–H and O–H groups in total. The van der Waals surface area contributed by atoms with Crippen molar-refractivity contribution in [3.8, 4) is 11.5 Å². The van der Waals surface area contributed by atoms with Gasteiger partial charge in [0.25, 0.3) is 5.56 Å². The normalized spacial score (nSPS) is 11.8. The summed E-state index contributed by atoms with van der Waals surface area (Å²) in [5.74, 6) is 0.937. The molecule has 26 heavy (non-hydrogen) atoms. The van der Waals surface area contributed by atoms with E-state index in [1.807, 2.05) is 6.07 Å². The molecule has 0 aliphatic carbocycles. The fourth-order valence-corrected chi connectivity index (χ4v) is 2.78. The van der Waals surface area contributed by atoms with Gasteiger partial charge in [-0.2, -0.15) is 0 Å². The molecule has 6 nitrogen and oxygen atoms in total. The van der Waals surface area contributed by atoms with Crippen molar-refractivity contribution in [2.75, 3.05) is 19.5 Å².